The van der Waals surface area contributed by atoms with Gasteiger partial charge in [0, 0.05) is 11.6 Å². The molecule has 2 aromatic rings. The maximum atomic E-state index is 4.85. The predicted octanol–water partition coefficient (Wildman–Crippen LogP) is 2.85. The van der Waals surface area contributed by atoms with Gasteiger partial charge in [-0.2, -0.15) is 0 Å². The summed E-state index contributed by atoms with van der Waals surface area (Å²) in [6, 6.07) is 10.1. The molecule has 1 heterocycles. The minimum atomic E-state index is 1.02. The average molecular weight is 185 g/mol. The highest BCUT2D eigenvalue weighted by Gasteiger charge is 1.93. The van der Waals surface area contributed by atoms with E-state index in [0.29, 0.717) is 0 Å². The van der Waals surface area contributed by atoms with Crippen LogP contribution in [-0.4, -0.2) is 12.1 Å². The van der Waals surface area contributed by atoms with Crippen molar-refractivity contribution in [2.75, 3.05) is 7.11 Å². The quantitative estimate of drug-likeness (QED) is 0.671. The fraction of sp³-hybridized carbons (Fsp3) is 0.0833. The van der Waals surface area contributed by atoms with Crippen LogP contribution < -0.4 is 0 Å². The summed E-state index contributed by atoms with van der Waals surface area (Å²) in [4.78, 5) is 4.33. The molecule has 0 radical (unpaired) electrons. The molecule has 0 fully saturated rings. The van der Waals surface area contributed by atoms with Crippen molar-refractivity contribution in [3.63, 3.8) is 0 Å². The van der Waals surface area contributed by atoms with E-state index in [0.717, 1.165) is 16.5 Å². The maximum Gasteiger partial charge on any atom is 0.0831 e. The molecule has 0 aliphatic heterocycles. The monoisotopic (exact) mass is 185 g/mol. The average Bonchev–Trinajstić information content (AvgIpc) is 2.26. The number of pyridine rings is 1. The molecule has 1 aromatic carbocycles. The molecule has 0 saturated heterocycles. The Morgan fingerprint density at radius 2 is 2.14 bits per heavy atom. The highest BCUT2D eigenvalue weighted by molar-refractivity contribution is 5.80. The Morgan fingerprint density at radius 3 is 3.00 bits per heavy atom. The van der Waals surface area contributed by atoms with E-state index in [1.165, 1.54) is 0 Å². The lowest BCUT2D eigenvalue weighted by Gasteiger charge is -1.97. The zero-order chi connectivity index (χ0) is 9.80. The van der Waals surface area contributed by atoms with Crippen molar-refractivity contribution < 1.29 is 4.74 Å². The van der Waals surface area contributed by atoms with Gasteiger partial charge in [-0.25, -0.2) is 0 Å². The van der Waals surface area contributed by atoms with E-state index in [4.69, 9.17) is 4.74 Å². The van der Waals surface area contributed by atoms with Crippen molar-refractivity contribution in [1.82, 2.24) is 4.98 Å². The molecular formula is C12H11NO. The summed E-state index contributed by atoms with van der Waals surface area (Å²) >= 11 is 0. The largest absolute Gasteiger partial charge is 0.504 e. The van der Waals surface area contributed by atoms with E-state index in [1.54, 1.807) is 13.4 Å². The number of methoxy groups -OCH3 is 1. The molecule has 0 atom stereocenters. The second kappa shape index (κ2) is 3.92. The van der Waals surface area contributed by atoms with E-state index in [-0.39, 0.29) is 0 Å². The molecule has 1 aromatic heterocycles. The number of ether oxygens (including phenoxy) is 1. The van der Waals surface area contributed by atoms with Gasteiger partial charge in [0.2, 0.25) is 0 Å². The Morgan fingerprint density at radius 1 is 1.29 bits per heavy atom. The number of aromatic nitrogens is 1. The van der Waals surface area contributed by atoms with Crippen molar-refractivity contribution in [2.24, 2.45) is 0 Å². The number of benzene rings is 1. The van der Waals surface area contributed by atoms with E-state index >= 15 is 0 Å². The standard InChI is InChI=1S/C12H11NO/c1-14-7-6-10-8-11-4-2-3-5-12(11)13-9-10/h2-9H,1H3. The second-order valence-electron chi connectivity index (χ2n) is 3.00. The summed E-state index contributed by atoms with van der Waals surface area (Å²) in [5.41, 5.74) is 2.06. The molecule has 0 aliphatic rings. The third kappa shape index (κ3) is 1.74. The normalized spacial score (nSPS) is 10.9. The lowest BCUT2D eigenvalue weighted by Crippen LogP contribution is -1.80. The first-order valence-electron chi connectivity index (χ1n) is 4.44. The first kappa shape index (κ1) is 8.75. The first-order chi connectivity index (χ1) is 6.90. The third-order valence-corrected chi connectivity index (χ3v) is 2.01. The number of hydrogen-bond donors (Lipinski definition) is 0. The van der Waals surface area contributed by atoms with Crippen LogP contribution >= 0.6 is 0 Å². The zero-order valence-electron chi connectivity index (χ0n) is 7.97. The van der Waals surface area contributed by atoms with Gasteiger partial charge < -0.3 is 4.74 Å². The fourth-order valence-electron chi connectivity index (χ4n) is 1.33. The minimum absolute atomic E-state index is 1.02. The summed E-state index contributed by atoms with van der Waals surface area (Å²) in [5.74, 6) is 0. The van der Waals surface area contributed by atoms with E-state index < -0.39 is 0 Å². The van der Waals surface area contributed by atoms with Crippen LogP contribution in [0.3, 0.4) is 0 Å². The zero-order valence-corrected chi connectivity index (χ0v) is 7.97. The smallest absolute Gasteiger partial charge is 0.0831 e. The van der Waals surface area contributed by atoms with E-state index in [9.17, 15) is 0 Å². The van der Waals surface area contributed by atoms with Crippen molar-refractivity contribution in [1.29, 1.82) is 0 Å². The Balaban J connectivity index is 2.46. The van der Waals surface area contributed by atoms with Gasteiger partial charge in [0.1, 0.15) is 0 Å². The number of hydrogen-bond acceptors (Lipinski definition) is 2. The van der Waals surface area contributed by atoms with Gasteiger partial charge in [0.25, 0.3) is 0 Å². The summed E-state index contributed by atoms with van der Waals surface area (Å²) in [6.07, 6.45) is 5.36. The Hall–Kier alpha value is -1.83. The van der Waals surface area contributed by atoms with Gasteiger partial charge in [-0.1, -0.05) is 18.2 Å². The molecule has 70 valence electrons. The fourth-order valence-corrected chi connectivity index (χ4v) is 1.33. The van der Waals surface area contributed by atoms with Gasteiger partial charge in [-0.3, -0.25) is 4.98 Å². The predicted molar refractivity (Wildman–Crippen MR) is 57.8 cm³/mol. The third-order valence-electron chi connectivity index (χ3n) is 2.01. The topological polar surface area (TPSA) is 22.1 Å². The molecule has 0 spiro atoms. The number of rotatable bonds is 2. The minimum Gasteiger partial charge on any atom is -0.504 e. The van der Waals surface area contributed by atoms with Gasteiger partial charge in [0.05, 0.1) is 18.9 Å². The summed E-state index contributed by atoms with van der Waals surface area (Å²) in [6.45, 7) is 0. The van der Waals surface area contributed by atoms with Gasteiger partial charge >= 0.3 is 0 Å². The number of nitrogens with zero attached hydrogens (tertiary/aromatic N) is 1. The summed E-state index contributed by atoms with van der Waals surface area (Å²) < 4.78 is 4.85. The summed E-state index contributed by atoms with van der Waals surface area (Å²) in [5, 5.41) is 1.14. The summed E-state index contributed by atoms with van der Waals surface area (Å²) in [7, 11) is 1.63. The maximum absolute atomic E-state index is 4.85. The van der Waals surface area contributed by atoms with Crippen LogP contribution in [0, 0.1) is 0 Å². The molecule has 0 N–H and O–H groups in total. The molecule has 0 bridgehead atoms. The lowest BCUT2D eigenvalue weighted by atomic mass is 10.1. The van der Waals surface area contributed by atoms with Crippen LogP contribution in [0.4, 0.5) is 0 Å². The molecule has 0 amide bonds. The van der Waals surface area contributed by atoms with Gasteiger partial charge in [0.15, 0.2) is 0 Å². The lowest BCUT2D eigenvalue weighted by molar-refractivity contribution is 0.341. The van der Waals surface area contributed by atoms with Crippen LogP contribution in [0.15, 0.2) is 42.8 Å². The van der Waals surface area contributed by atoms with Crippen molar-refractivity contribution in [2.45, 2.75) is 0 Å². The second-order valence-corrected chi connectivity index (χ2v) is 3.00. The Kier molecular flexibility index (Phi) is 2.45. The molecule has 0 aliphatic carbocycles. The molecule has 2 nitrogen and oxygen atoms in total. The molecule has 2 rings (SSSR count). The van der Waals surface area contributed by atoms with Crippen LogP contribution in [0.2, 0.25) is 0 Å². The van der Waals surface area contributed by atoms with Gasteiger partial charge in [-0.15, -0.1) is 0 Å². The molecule has 0 unspecified atom stereocenters. The number of fused-ring (bicyclic) bond motifs is 1. The first-order valence-corrected chi connectivity index (χ1v) is 4.44. The number of para-hydroxylation sites is 1. The highest BCUT2D eigenvalue weighted by atomic mass is 16.5. The van der Waals surface area contributed by atoms with Gasteiger partial charge in [-0.05, 0) is 23.8 Å². The van der Waals surface area contributed by atoms with Crippen LogP contribution in [0.25, 0.3) is 17.0 Å². The van der Waals surface area contributed by atoms with Crippen molar-refractivity contribution >= 4 is 17.0 Å². The highest BCUT2D eigenvalue weighted by Crippen LogP contribution is 2.13. The molecule has 14 heavy (non-hydrogen) atoms. The van der Waals surface area contributed by atoms with Crippen molar-refractivity contribution in [3.05, 3.63) is 48.4 Å². The van der Waals surface area contributed by atoms with E-state index in [2.05, 4.69) is 11.1 Å². The van der Waals surface area contributed by atoms with E-state index in [1.807, 2.05) is 36.5 Å². The van der Waals surface area contributed by atoms with Crippen LogP contribution in [0.1, 0.15) is 5.56 Å². The van der Waals surface area contributed by atoms with Crippen LogP contribution in [-0.2, 0) is 4.74 Å². The molecule has 2 heteroatoms. The Labute approximate surface area is 82.9 Å². The molecule has 0 saturated carbocycles. The Bertz CT molecular complexity index is 463. The van der Waals surface area contributed by atoms with Crippen molar-refractivity contribution in [3.8, 4) is 0 Å². The van der Waals surface area contributed by atoms with Crippen LogP contribution in [0.5, 0.6) is 0 Å². The molecular weight excluding hydrogens is 174 g/mol. The SMILES string of the molecule is COC=Cc1cnc2ccccc2c1.